The Balaban J connectivity index is 2.43. The molecule has 0 saturated heterocycles. The van der Waals surface area contributed by atoms with Crippen molar-refractivity contribution < 1.29 is 18.4 Å². The summed E-state index contributed by atoms with van der Waals surface area (Å²) >= 11 is 1.11. The Hall–Kier alpha value is -2.06. The van der Waals surface area contributed by atoms with Crippen LogP contribution < -0.4 is 5.48 Å². The van der Waals surface area contributed by atoms with Crippen molar-refractivity contribution >= 4 is 17.6 Å². The van der Waals surface area contributed by atoms with Crippen LogP contribution in [0.2, 0.25) is 0 Å². The molecule has 0 radical (unpaired) electrons. The first-order valence-electron chi connectivity index (χ1n) is 5.71. The molecule has 0 amide bonds. The number of hydroxylamine groups is 1. The molecule has 1 aromatic heterocycles. The van der Waals surface area contributed by atoms with E-state index in [9.17, 15) is 13.2 Å². The molecule has 0 aliphatic rings. The largest absolute Gasteiger partial charge is 0.417 e. The Bertz CT molecular complexity index is 647. The number of aromatic nitrogens is 1. The first-order chi connectivity index (χ1) is 9.91. The van der Waals surface area contributed by atoms with Crippen LogP contribution in [0.4, 0.5) is 13.2 Å². The number of hydrogen-bond donors (Lipinski definition) is 3. The van der Waals surface area contributed by atoms with Gasteiger partial charge in [0.05, 0.1) is 11.1 Å². The predicted octanol–water partition coefficient (Wildman–Crippen LogP) is 3.56. The fourth-order valence-corrected chi connectivity index (χ4v) is 2.42. The Morgan fingerprint density at radius 3 is 2.48 bits per heavy atom. The van der Waals surface area contributed by atoms with Crippen molar-refractivity contribution in [1.82, 2.24) is 10.5 Å². The summed E-state index contributed by atoms with van der Waals surface area (Å²) < 4.78 is 38.1. The van der Waals surface area contributed by atoms with Crippen LogP contribution in [0.1, 0.15) is 11.1 Å². The molecule has 4 nitrogen and oxygen atoms in total. The maximum Gasteiger partial charge on any atom is 0.417 e. The highest BCUT2D eigenvalue weighted by atomic mass is 32.2. The van der Waals surface area contributed by atoms with Crippen molar-refractivity contribution in [3.8, 4) is 0 Å². The van der Waals surface area contributed by atoms with E-state index in [0.29, 0.717) is 6.20 Å². The lowest BCUT2D eigenvalue weighted by atomic mass is 10.2. The molecule has 3 N–H and O–H groups in total. The fraction of sp³-hybridized carbons (Fsp3) is 0.0769. The zero-order chi connectivity index (χ0) is 15.5. The second kappa shape index (κ2) is 6.15. The van der Waals surface area contributed by atoms with E-state index in [1.165, 1.54) is 0 Å². The van der Waals surface area contributed by atoms with Gasteiger partial charge in [-0.25, -0.2) is 4.98 Å². The first-order valence-corrected chi connectivity index (χ1v) is 6.52. The SMILES string of the molecule is N=C(NO)c1cc(C(F)(F)F)cnc1Sc1ccccc1. The number of rotatable bonds is 3. The first kappa shape index (κ1) is 15.3. The molecule has 1 aromatic carbocycles. The molecule has 8 heteroatoms. The second-order valence-electron chi connectivity index (χ2n) is 3.98. The standard InChI is InChI=1S/C13H10F3N3OS/c14-13(15,16)8-6-10(11(17)19-20)12(18-7-8)21-9-4-2-1-3-5-9/h1-7,20H,(H2,17,19). The van der Waals surface area contributed by atoms with Gasteiger partial charge in [0.2, 0.25) is 0 Å². The van der Waals surface area contributed by atoms with Crippen LogP contribution in [-0.2, 0) is 6.18 Å². The van der Waals surface area contributed by atoms with E-state index in [1.807, 2.05) is 6.07 Å². The molecule has 0 fully saturated rings. The lowest BCUT2D eigenvalue weighted by Gasteiger charge is -2.12. The van der Waals surface area contributed by atoms with Gasteiger partial charge in [-0.1, -0.05) is 30.0 Å². The van der Waals surface area contributed by atoms with Gasteiger partial charge in [0.1, 0.15) is 5.03 Å². The molecule has 0 saturated carbocycles. The van der Waals surface area contributed by atoms with Crippen LogP contribution in [0.5, 0.6) is 0 Å². The Morgan fingerprint density at radius 2 is 1.90 bits per heavy atom. The molecular formula is C13H10F3N3OS. The van der Waals surface area contributed by atoms with Crippen LogP contribution in [0.3, 0.4) is 0 Å². The summed E-state index contributed by atoms with van der Waals surface area (Å²) in [4.78, 5) is 4.52. The molecule has 0 aliphatic heterocycles. The van der Waals surface area contributed by atoms with E-state index < -0.39 is 17.6 Å². The normalized spacial score (nSPS) is 11.2. The van der Waals surface area contributed by atoms with Crippen molar-refractivity contribution in [3.05, 3.63) is 53.7 Å². The van der Waals surface area contributed by atoms with Gasteiger partial charge >= 0.3 is 6.18 Å². The van der Waals surface area contributed by atoms with Gasteiger partial charge < -0.3 is 0 Å². The fourth-order valence-electron chi connectivity index (χ4n) is 1.53. The third-order valence-electron chi connectivity index (χ3n) is 2.52. The lowest BCUT2D eigenvalue weighted by molar-refractivity contribution is -0.137. The highest BCUT2D eigenvalue weighted by Gasteiger charge is 2.32. The minimum absolute atomic E-state index is 0.124. The van der Waals surface area contributed by atoms with Crippen LogP contribution in [0, 0.1) is 5.41 Å². The monoisotopic (exact) mass is 313 g/mol. The molecule has 0 aliphatic carbocycles. The predicted molar refractivity (Wildman–Crippen MR) is 71.6 cm³/mol. The zero-order valence-corrected chi connectivity index (χ0v) is 11.3. The number of hydrogen-bond acceptors (Lipinski definition) is 4. The van der Waals surface area contributed by atoms with Crippen molar-refractivity contribution in [2.75, 3.05) is 0 Å². The van der Waals surface area contributed by atoms with Crippen molar-refractivity contribution in [2.45, 2.75) is 16.1 Å². The number of amidine groups is 1. The number of benzene rings is 1. The minimum Gasteiger partial charge on any atom is -0.290 e. The maximum absolute atomic E-state index is 12.7. The molecule has 21 heavy (non-hydrogen) atoms. The van der Waals surface area contributed by atoms with Crippen LogP contribution in [0.15, 0.2) is 52.5 Å². The molecular weight excluding hydrogens is 303 g/mol. The highest BCUT2D eigenvalue weighted by Crippen LogP contribution is 2.34. The molecule has 110 valence electrons. The third-order valence-corrected chi connectivity index (χ3v) is 3.54. The van der Waals surface area contributed by atoms with Gasteiger partial charge in [0, 0.05) is 11.1 Å². The van der Waals surface area contributed by atoms with E-state index in [1.54, 1.807) is 29.7 Å². The van der Waals surface area contributed by atoms with Crippen LogP contribution >= 0.6 is 11.8 Å². The maximum atomic E-state index is 12.7. The van der Waals surface area contributed by atoms with Gasteiger partial charge in [0.15, 0.2) is 5.84 Å². The number of pyridine rings is 1. The number of halogens is 3. The number of nitrogens with one attached hydrogen (secondary N) is 2. The molecule has 2 rings (SSSR count). The quantitative estimate of drug-likeness (QED) is 0.460. The highest BCUT2D eigenvalue weighted by molar-refractivity contribution is 7.99. The zero-order valence-electron chi connectivity index (χ0n) is 10.5. The molecule has 0 unspecified atom stereocenters. The van der Waals surface area contributed by atoms with Crippen molar-refractivity contribution in [2.24, 2.45) is 0 Å². The minimum atomic E-state index is -4.56. The van der Waals surface area contributed by atoms with Crippen molar-refractivity contribution in [1.29, 1.82) is 5.41 Å². The lowest BCUT2D eigenvalue weighted by Crippen LogP contribution is -2.21. The van der Waals surface area contributed by atoms with Crippen LogP contribution in [0.25, 0.3) is 0 Å². The van der Waals surface area contributed by atoms with E-state index in [4.69, 9.17) is 10.6 Å². The molecule has 0 bridgehead atoms. The Labute approximate surface area is 122 Å². The van der Waals surface area contributed by atoms with Gasteiger partial charge in [0.25, 0.3) is 0 Å². The van der Waals surface area contributed by atoms with Gasteiger partial charge in [-0.15, -0.1) is 0 Å². The topological polar surface area (TPSA) is 69.0 Å². The Kier molecular flexibility index (Phi) is 4.49. The van der Waals surface area contributed by atoms with Gasteiger partial charge in [-0.2, -0.15) is 13.2 Å². The smallest absolute Gasteiger partial charge is 0.290 e. The average molecular weight is 313 g/mol. The van der Waals surface area contributed by atoms with E-state index in [-0.39, 0.29) is 10.6 Å². The molecule has 2 aromatic rings. The van der Waals surface area contributed by atoms with Gasteiger partial charge in [-0.05, 0) is 18.2 Å². The van der Waals surface area contributed by atoms with E-state index in [0.717, 1.165) is 22.7 Å². The summed E-state index contributed by atoms with van der Waals surface area (Å²) in [7, 11) is 0. The summed E-state index contributed by atoms with van der Waals surface area (Å²) in [5.74, 6) is -0.549. The van der Waals surface area contributed by atoms with E-state index >= 15 is 0 Å². The number of alkyl halides is 3. The Morgan fingerprint density at radius 1 is 1.24 bits per heavy atom. The summed E-state index contributed by atoms with van der Waals surface area (Å²) in [5, 5.41) is 16.5. The van der Waals surface area contributed by atoms with Gasteiger partial charge in [-0.3, -0.25) is 16.1 Å². The average Bonchev–Trinajstić information content (AvgIpc) is 2.47. The van der Waals surface area contributed by atoms with Crippen molar-refractivity contribution in [3.63, 3.8) is 0 Å². The third kappa shape index (κ3) is 3.73. The molecule has 1 heterocycles. The molecule has 0 atom stereocenters. The second-order valence-corrected chi connectivity index (χ2v) is 5.04. The van der Waals surface area contributed by atoms with Crippen LogP contribution in [-0.4, -0.2) is 16.0 Å². The summed E-state index contributed by atoms with van der Waals surface area (Å²) in [5.41, 5.74) is 0.448. The number of nitrogens with zero attached hydrogens (tertiary/aromatic N) is 1. The van der Waals surface area contributed by atoms with E-state index in [2.05, 4.69) is 4.98 Å². The summed E-state index contributed by atoms with van der Waals surface area (Å²) in [6.45, 7) is 0. The summed E-state index contributed by atoms with van der Waals surface area (Å²) in [6.07, 6.45) is -3.85. The molecule has 0 spiro atoms. The summed E-state index contributed by atoms with van der Waals surface area (Å²) in [6, 6.07) is 9.68.